The fraction of sp³-hybridized carbons (Fsp3) is 0.364. The van der Waals surface area contributed by atoms with E-state index in [0.717, 1.165) is 12.1 Å². The van der Waals surface area contributed by atoms with Gasteiger partial charge in [0, 0.05) is 11.8 Å². The number of halogens is 2. The summed E-state index contributed by atoms with van der Waals surface area (Å²) >= 11 is 13.1. The number of carbonyl (C=O) groups is 1. The predicted octanol–water partition coefficient (Wildman–Crippen LogP) is 2.72. The molecule has 0 aliphatic heterocycles. The number of carboxylic acid groups (broad SMARTS) is 1. The predicted molar refractivity (Wildman–Crippen MR) is 81.6 cm³/mol. The van der Waals surface area contributed by atoms with E-state index in [1.54, 1.807) is 0 Å². The lowest BCUT2D eigenvalue weighted by Gasteiger charge is -2.12. The highest BCUT2D eigenvalue weighted by molar-refractivity contribution is 7.99. The van der Waals surface area contributed by atoms with Crippen molar-refractivity contribution < 1.29 is 18.3 Å². The second-order valence-corrected chi connectivity index (χ2v) is 7.79. The van der Waals surface area contributed by atoms with Gasteiger partial charge in [0.15, 0.2) is 0 Å². The fourth-order valence-corrected chi connectivity index (χ4v) is 3.62. The zero-order valence-electron chi connectivity index (χ0n) is 10.7. The monoisotopic (exact) mass is 357 g/mol. The van der Waals surface area contributed by atoms with E-state index in [9.17, 15) is 13.2 Å². The van der Waals surface area contributed by atoms with Crippen LogP contribution in [0.15, 0.2) is 17.0 Å². The molecule has 112 valence electrons. The highest BCUT2D eigenvalue weighted by Gasteiger charge is 2.22. The number of hydrogen-bond acceptors (Lipinski definition) is 4. The van der Waals surface area contributed by atoms with Crippen molar-refractivity contribution in [1.29, 1.82) is 0 Å². The Balaban J connectivity index is 3.18. The Bertz CT molecular complexity index is 619. The van der Waals surface area contributed by atoms with Crippen LogP contribution in [0.1, 0.15) is 17.3 Å². The van der Waals surface area contributed by atoms with Gasteiger partial charge >= 0.3 is 5.97 Å². The minimum atomic E-state index is -3.89. The maximum atomic E-state index is 12.1. The van der Waals surface area contributed by atoms with Crippen molar-refractivity contribution in [3.8, 4) is 0 Å². The van der Waals surface area contributed by atoms with Crippen LogP contribution in [0.2, 0.25) is 10.0 Å². The highest BCUT2D eigenvalue weighted by Crippen LogP contribution is 2.28. The Kier molecular flexibility index (Phi) is 6.15. The van der Waals surface area contributed by atoms with Crippen LogP contribution in [0.5, 0.6) is 0 Å². The standard InChI is InChI=1S/C11H13Cl2NO4S2/c1-6(19-2)5-14-20(17,18)10-3-7(11(15)16)8(12)4-9(10)13/h3-4,6,14H,5H2,1-2H3,(H,15,16). The molecule has 0 aliphatic carbocycles. The normalized spacial score (nSPS) is 13.2. The number of sulfonamides is 1. The summed E-state index contributed by atoms with van der Waals surface area (Å²) in [6.45, 7) is 2.07. The van der Waals surface area contributed by atoms with E-state index in [0.29, 0.717) is 0 Å². The van der Waals surface area contributed by atoms with Gasteiger partial charge in [0.1, 0.15) is 4.90 Å². The summed E-state index contributed by atoms with van der Waals surface area (Å²) in [6, 6.07) is 2.07. The van der Waals surface area contributed by atoms with E-state index in [2.05, 4.69) is 4.72 Å². The molecule has 0 saturated heterocycles. The van der Waals surface area contributed by atoms with Gasteiger partial charge in [0.2, 0.25) is 10.0 Å². The first-order chi connectivity index (χ1) is 9.19. The van der Waals surface area contributed by atoms with E-state index >= 15 is 0 Å². The molecule has 20 heavy (non-hydrogen) atoms. The van der Waals surface area contributed by atoms with E-state index in [1.807, 2.05) is 13.2 Å². The number of benzene rings is 1. The fourth-order valence-electron chi connectivity index (χ4n) is 1.29. The van der Waals surface area contributed by atoms with Gasteiger partial charge in [-0.15, -0.1) is 0 Å². The lowest BCUT2D eigenvalue weighted by molar-refractivity contribution is 0.0697. The second-order valence-electron chi connectivity index (χ2n) is 3.97. The highest BCUT2D eigenvalue weighted by atomic mass is 35.5. The van der Waals surface area contributed by atoms with Gasteiger partial charge in [-0.25, -0.2) is 17.9 Å². The average Bonchev–Trinajstić information content (AvgIpc) is 2.35. The third-order valence-electron chi connectivity index (χ3n) is 2.50. The summed E-state index contributed by atoms with van der Waals surface area (Å²) in [7, 11) is -3.89. The van der Waals surface area contributed by atoms with Crippen LogP contribution in [0.4, 0.5) is 0 Å². The van der Waals surface area contributed by atoms with Crippen molar-refractivity contribution in [2.24, 2.45) is 0 Å². The quantitative estimate of drug-likeness (QED) is 0.817. The zero-order valence-corrected chi connectivity index (χ0v) is 13.8. The van der Waals surface area contributed by atoms with Gasteiger partial charge in [-0.3, -0.25) is 0 Å². The molecule has 1 unspecified atom stereocenters. The lowest BCUT2D eigenvalue weighted by Crippen LogP contribution is -2.29. The molecule has 0 aliphatic rings. The van der Waals surface area contributed by atoms with Crippen LogP contribution in [0, 0.1) is 0 Å². The zero-order chi connectivity index (χ0) is 15.5. The Hall–Kier alpha value is -0.470. The van der Waals surface area contributed by atoms with E-state index in [1.165, 1.54) is 11.8 Å². The molecular weight excluding hydrogens is 345 g/mol. The molecule has 0 radical (unpaired) electrons. The smallest absolute Gasteiger partial charge is 0.337 e. The topological polar surface area (TPSA) is 83.5 Å². The molecule has 1 rings (SSSR count). The van der Waals surface area contributed by atoms with Crippen LogP contribution < -0.4 is 4.72 Å². The third-order valence-corrected chi connectivity index (χ3v) is 5.68. The molecule has 0 amide bonds. The van der Waals surface area contributed by atoms with Crippen LogP contribution in [0.25, 0.3) is 0 Å². The average molecular weight is 358 g/mol. The summed E-state index contributed by atoms with van der Waals surface area (Å²) in [4.78, 5) is 10.7. The summed E-state index contributed by atoms with van der Waals surface area (Å²) in [5.41, 5.74) is -0.311. The maximum Gasteiger partial charge on any atom is 0.337 e. The van der Waals surface area contributed by atoms with E-state index < -0.39 is 16.0 Å². The minimum absolute atomic E-state index is 0.0785. The first kappa shape index (κ1) is 17.6. The number of aromatic carboxylic acids is 1. The van der Waals surface area contributed by atoms with Crippen molar-refractivity contribution in [2.45, 2.75) is 17.1 Å². The van der Waals surface area contributed by atoms with Crippen LogP contribution in [0.3, 0.4) is 0 Å². The van der Waals surface area contributed by atoms with Crippen LogP contribution in [-0.2, 0) is 10.0 Å². The minimum Gasteiger partial charge on any atom is -0.478 e. The van der Waals surface area contributed by atoms with Gasteiger partial charge in [0.05, 0.1) is 15.6 Å². The van der Waals surface area contributed by atoms with Crippen molar-refractivity contribution in [3.63, 3.8) is 0 Å². The molecule has 5 nitrogen and oxygen atoms in total. The molecule has 2 N–H and O–H groups in total. The van der Waals surface area contributed by atoms with Gasteiger partial charge < -0.3 is 5.11 Å². The SMILES string of the molecule is CSC(C)CNS(=O)(=O)c1cc(C(=O)O)c(Cl)cc1Cl. The molecule has 0 spiro atoms. The molecule has 0 bridgehead atoms. The number of thioether (sulfide) groups is 1. The number of nitrogens with one attached hydrogen (secondary N) is 1. The number of hydrogen-bond donors (Lipinski definition) is 2. The molecular formula is C11H13Cl2NO4S2. The van der Waals surface area contributed by atoms with Gasteiger partial charge in [-0.2, -0.15) is 11.8 Å². The first-order valence-corrected chi connectivity index (χ1v) is 8.96. The maximum absolute atomic E-state index is 12.1. The summed E-state index contributed by atoms with van der Waals surface area (Å²) in [5, 5.41) is 8.80. The molecule has 1 aromatic rings. The second kappa shape index (κ2) is 7.00. The lowest BCUT2D eigenvalue weighted by atomic mass is 10.2. The van der Waals surface area contributed by atoms with Crippen LogP contribution >= 0.6 is 35.0 Å². The Labute approximate surface area is 131 Å². The summed E-state index contributed by atoms with van der Waals surface area (Å²) in [6.07, 6.45) is 1.86. The molecule has 1 atom stereocenters. The van der Waals surface area contributed by atoms with E-state index in [-0.39, 0.29) is 32.3 Å². The van der Waals surface area contributed by atoms with E-state index in [4.69, 9.17) is 28.3 Å². The van der Waals surface area contributed by atoms with Crippen molar-refractivity contribution in [3.05, 3.63) is 27.7 Å². The molecule has 1 aromatic carbocycles. The Morgan fingerprint density at radius 1 is 1.40 bits per heavy atom. The third kappa shape index (κ3) is 4.26. The van der Waals surface area contributed by atoms with Gasteiger partial charge in [-0.05, 0) is 18.4 Å². The Morgan fingerprint density at radius 2 is 2.00 bits per heavy atom. The molecule has 0 heterocycles. The van der Waals surface area contributed by atoms with Crippen molar-refractivity contribution >= 4 is 51.0 Å². The Morgan fingerprint density at radius 3 is 2.50 bits per heavy atom. The van der Waals surface area contributed by atoms with Crippen LogP contribution in [-0.4, -0.2) is 37.5 Å². The summed E-state index contributed by atoms with van der Waals surface area (Å²) < 4.78 is 26.6. The largest absolute Gasteiger partial charge is 0.478 e. The summed E-state index contributed by atoms with van der Waals surface area (Å²) in [5.74, 6) is -1.32. The molecule has 0 fully saturated rings. The number of rotatable bonds is 6. The first-order valence-electron chi connectivity index (χ1n) is 5.44. The number of carboxylic acids is 1. The molecule has 0 aromatic heterocycles. The van der Waals surface area contributed by atoms with Gasteiger partial charge in [-0.1, -0.05) is 30.1 Å². The van der Waals surface area contributed by atoms with Crippen molar-refractivity contribution in [2.75, 3.05) is 12.8 Å². The molecule has 0 saturated carbocycles. The molecule has 9 heteroatoms. The van der Waals surface area contributed by atoms with Gasteiger partial charge in [0.25, 0.3) is 0 Å². The van der Waals surface area contributed by atoms with Crippen molar-refractivity contribution in [1.82, 2.24) is 4.72 Å².